The van der Waals surface area contributed by atoms with Gasteiger partial charge in [0, 0.05) is 47.2 Å². The third-order valence-corrected chi connectivity index (χ3v) is 8.81. The summed E-state index contributed by atoms with van der Waals surface area (Å²) in [5, 5.41) is 9.58. The van der Waals surface area contributed by atoms with E-state index in [1.165, 1.54) is 25.9 Å². The smallest absolute Gasteiger partial charge is 0.128 e. The van der Waals surface area contributed by atoms with Gasteiger partial charge in [-0.2, -0.15) is 5.10 Å². The summed E-state index contributed by atoms with van der Waals surface area (Å²) < 4.78 is 14.9. The Morgan fingerprint density at radius 2 is 1.91 bits per heavy atom. The molecular formula is C35H38FN9. The number of hydrogen-bond acceptors (Lipinski definition) is 6. The highest BCUT2D eigenvalue weighted by molar-refractivity contribution is 6.01. The Hall–Kier alpha value is -4.67. The highest BCUT2D eigenvalue weighted by atomic mass is 19.1. The first kappa shape index (κ1) is 29.1. The number of halogens is 1. The van der Waals surface area contributed by atoms with Crippen LogP contribution in [0.1, 0.15) is 37.4 Å². The number of hydrogen-bond donors (Lipinski definition) is 3. The number of likely N-dealkylation sites (tertiary alicyclic amines) is 2. The maximum atomic E-state index is 14.9. The Bertz CT molecular complexity index is 1920. The van der Waals surface area contributed by atoms with Crippen molar-refractivity contribution in [3.05, 3.63) is 84.6 Å². The minimum absolute atomic E-state index is 0.159. The molecule has 2 aliphatic heterocycles. The van der Waals surface area contributed by atoms with Gasteiger partial charge in [0.25, 0.3) is 0 Å². The number of H-pyrrole nitrogens is 2. The van der Waals surface area contributed by atoms with Crippen molar-refractivity contribution >= 4 is 33.3 Å². The number of nitrogens with two attached hydrogens (primary N) is 1. The fourth-order valence-corrected chi connectivity index (χ4v) is 6.46. The van der Waals surface area contributed by atoms with Crippen LogP contribution in [0.3, 0.4) is 0 Å². The SMILES string of the molecule is C=CC(=N/C(=C\C)c1cc2c(-c3cc4c(-c5cc(F)cc(CCCN6CCCC6)c5)nccc4[nH]3)n[nH]c2cn1)N1CC(N)C1. The molecule has 4 N–H and O–H groups in total. The summed E-state index contributed by atoms with van der Waals surface area (Å²) in [5.41, 5.74) is 13.3. The number of aromatic amines is 2. The van der Waals surface area contributed by atoms with Crippen molar-refractivity contribution in [3.63, 3.8) is 0 Å². The van der Waals surface area contributed by atoms with Crippen LogP contribution in [0.4, 0.5) is 4.39 Å². The molecule has 4 aromatic heterocycles. The van der Waals surface area contributed by atoms with Crippen LogP contribution in [-0.4, -0.2) is 79.6 Å². The first-order chi connectivity index (χ1) is 22.0. The Morgan fingerprint density at radius 3 is 2.69 bits per heavy atom. The van der Waals surface area contributed by atoms with Gasteiger partial charge in [-0.1, -0.05) is 12.7 Å². The molecule has 0 amide bonds. The van der Waals surface area contributed by atoms with E-state index in [4.69, 9.17) is 15.7 Å². The monoisotopic (exact) mass is 603 g/mol. The molecule has 0 radical (unpaired) electrons. The first-order valence-electron chi connectivity index (χ1n) is 15.7. The van der Waals surface area contributed by atoms with Crippen LogP contribution < -0.4 is 5.73 Å². The maximum absolute atomic E-state index is 14.9. The second-order valence-electron chi connectivity index (χ2n) is 12.0. The minimum atomic E-state index is -0.240. The summed E-state index contributed by atoms with van der Waals surface area (Å²) >= 11 is 0. The van der Waals surface area contributed by atoms with Gasteiger partial charge in [-0.25, -0.2) is 9.38 Å². The summed E-state index contributed by atoms with van der Waals surface area (Å²) in [7, 11) is 0. The van der Waals surface area contributed by atoms with Crippen LogP contribution in [0.5, 0.6) is 0 Å². The van der Waals surface area contributed by atoms with Gasteiger partial charge in [0.05, 0.1) is 34.5 Å². The predicted octanol–water partition coefficient (Wildman–Crippen LogP) is 5.92. The van der Waals surface area contributed by atoms with E-state index < -0.39 is 0 Å². The molecular weight excluding hydrogens is 565 g/mol. The molecule has 45 heavy (non-hydrogen) atoms. The van der Waals surface area contributed by atoms with E-state index in [0.29, 0.717) is 0 Å². The van der Waals surface area contributed by atoms with E-state index in [9.17, 15) is 4.39 Å². The summed E-state index contributed by atoms with van der Waals surface area (Å²) in [5.74, 6) is 0.539. The van der Waals surface area contributed by atoms with Crippen LogP contribution in [0.2, 0.25) is 0 Å². The number of fused-ring (bicyclic) bond motifs is 2. The molecule has 0 unspecified atom stereocenters. The summed E-state index contributed by atoms with van der Waals surface area (Å²) in [6.07, 6.45) is 11.6. The lowest BCUT2D eigenvalue weighted by Gasteiger charge is -2.38. The lowest BCUT2D eigenvalue weighted by Crippen LogP contribution is -2.57. The molecule has 2 saturated heterocycles. The number of nitrogens with zero attached hydrogens (tertiary/aromatic N) is 6. The molecule has 2 aliphatic rings. The van der Waals surface area contributed by atoms with Gasteiger partial charge in [-0.15, -0.1) is 0 Å². The number of benzene rings is 1. The van der Waals surface area contributed by atoms with Crippen molar-refractivity contribution in [2.24, 2.45) is 10.7 Å². The van der Waals surface area contributed by atoms with Gasteiger partial charge < -0.3 is 20.5 Å². The molecule has 0 spiro atoms. The molecule has 2 fully saturated rings. The average molecular weight is 604 g/mol. The number of amidine groups is 1. The number of allylic oxidation sites excluding steroid dienone is 1. The standard InChI is InChI=1S/C35H38FN9/c1-3-28(41-33(4-2)45-20-25(37)21-45)30-17-27-32(19-39-30)42-43-35(27)31-18-26-29(40-31)9-10-38-34(26)23-14-22(15-24(36)16-23)8-7-13-44-11-5-6-12-44/h3-4,9-10,14-19,25,40H,2,5-8,11-13,20-21,37H2,1H3,(H,42,43)/b28-3-,41-33?. The topological polar surface area (TPSA) is 115 Å². The van der Waals surface area contributed by atoms with Crippen molar-refractivity contribution in [1.29, 1.82) is 0 Å². The molecule has 6 heterocycles. The van der Waals surface area contributed by atoms with Gasteiger partial charge in [-0.3, -0.25) is 15.1 Å². The molecule has 0 atom stereocenters. The zero-order valence-corrected chi connectivity index (χ0v) is 25.6. The highest BCUT2D eigenvalue weighted by Crippen LogP contribution is 2.34. The van der Waals surface area contributed by atoms with E-state index in [1.54, 1.807) is 30.6 Å². The maximum Gasteiger partial charge on any atom is 0.128 e. The van der Waals surface area contributed by atoms with E-state index in [0.717, 1.165) is 99.7 Å². The van der Waals surface area contributed by atoms with E-state index >= 15 is 0 Å². The third kappa shape index (κ3) is 5.91. The van der Waals surface area contributed by atoms with Gasteiger partial charge in [0.1, 0.15) is 17.3 Å². The Kier molecular flexibility index (Phi) is 7.99. The molecule has 9 nitrogen and oxygen atoms in total. The second-order valence-corrected chi connectivity index (χ2v) is 12.0. The molecule has 1 aromatic carbocycles. The zero-order chi connectivity index (χ0) is 30.9. The number of rotatable bonds is 9. The van der Waals surface area contributed by atoms with Crippen LogP contribution in [0.15, 0.2) is 72.5 Å². The van der Waals surface area contributed by atoms with Crippen molar-refractivity contribution < 1.29 is 4.39 Å². The van der Waals surface area contributed by atoms with Gasteiger partial charge >= 0.3 is 0 Å². The molecule has 0 bridgehead atoms. The Morgan fingerprint density at radius 1 is 1.09 bits per heavy atom. The van der Waals surface area contributed by atoms with Crippen LogP contribution in [0, 0.1) is 5.82 Å². The summed E-state index contributed by atoms with van der Waals surface area (Å²) in [6, 6.07) is 11.4. The van der Waals surface area contributed by atoms with Crippen molar-refractivity contribution in [2.45, 2.75) is 38.6 Å². The fourth-order valence-electron chi connectivity index (χ4n) is 6.46. The minimum Gasteiger partial charge on any atom is -0.353 e. The normalized spacial score (nSPS) is 16.6. The summed E-state index contributed by atoms with van der Waals surface area (Å²) in [6.45, 7) is 10.8. The average Bonchev–Trinajstić information content (AvgIpc) is 3.79. The highest BCUT2D eigenvalue weighted by Gasteiger charge is 2.25. The number of aromatic nitrogens is 5. The van der Waals surface area contributed by atoms with Crippen molar-refractivity contribution in [2.75, 3.05) is 32.7 Å². The Balaban J connectivity index is 1.20. The lowest BCUT2D eigenvalue weighted by molar-refractivity contribution is 0.256. The molecule has 5 aromatic rings. The number of aliphatic imine (C=N–C) groups is 1. The van der Waals surface area contributed by atoms with Crippen LogP contribution in [-0.2, 0) is 6.42 Å². The fraction of sp³-hybridized carbons (Fsp3) is 0.314. The van der Waals surface area contributed by atoms with Crippen LogP contribution in [0.25, 0.3) is 50.1 Å². The molecule has 10 heteroatoms. The number of pyridine rings is 2. The van der Waals surface area contributed by atoms with Crippen LogP contribution >= 0.6 is 0 Å². The number of aryl methyl sites for hydroxylation is 1. The van der Waals surface area contributed by atoms with Crippen molar-refractivity contribution in [1.82, 2.24) is 34.9 Å². The van der Waals surface area contributed by atoms with Gasteiger partial charge in [-0.05, 0) is 100 Å². The quantitative estimate of drug-likeness (QED) is 0.142. The predicted molar refractivity (Wildman–Crippen MR) is 179 cm³/mol. The van der Waals surface area contributed by atoms with Crippen molar-refractivity contribution in [3.8, 4) is 22.6 Å². The summed E-state index contributed by atoms with van der Waals surface area (Å²) in [4.78, 5) is 22.3. The van der Waals surface area contributed by atoms with Gasteiger partial charge in [0.2, 0.25) is 0 Å². The molecule has 0 saturated carbocycles. The number of nitrogens with one attached hydrogen (secondary N) is 2. The second kappa shape index (κ2) is 12.4. The Labute approximate surface area is 261 Å². The molecule has 0 aliphatic carbocycles. The lowest BCUT2D eigenvalue weighted by atomic mass is 10.0. The molecule has 230 valence electrons. The zero-order valence-electron chi connectivity index (χ0n) is 25.6. The van der Waals surface area contributed by atoms with E-state index in [2.05, 4.69) is 42.6 Å². The van der Waals surface area contributed by atoms with E-state index in [1.807, 2.05) is 31.2 Å². The molecule has 7 rings (SSSR count). The van der Waals surface area contributed by atoms with Gasteiger partial charge in [0.15, 0.2) is 0 Å². The van der Waals surface area contributed by atoms with E-state index in [-0.39, 0.29) is 11.9 Å². The first-order valence-corrected chi connectivity index (χ1v) is 15.7. The third-order valence-electron chi connectivity index (χ3n) is 8.81. The largest absolute Gasteiger partial charge is 0.353 e.